The van der Waals surface area contributed by atoms with Crippen molar-refractivity contribution in [2.24, 2.45) is 0 Å². The molecule has 0 heterocycles. The lowest BCUT2D eigenvalue weighted by atomic mass is 10.0. The molecule has 0 aliphatic rings. The number of aryl methyl sites for hydroxylation is 1. The molecule has 0 fully saturated rings. The normalized spacial score (nSPS) is 10.7. The Kier molecular flexibility index (Phi) is 3.70. The second kappa shape index (κ2) is 5.25. The van der Waals surface area contributed by atoms with Crippen LogP contribution in [-0.2, 0) is 13.1 Å². The summed E-state index contributed by atoms with van der Waals surface area (Å²) in [6.07, 6.45) is 0.616. The van der Waals surface area contributed by atoms with Crippen molar-refractivity contribution in [3.63, 3.8) is 0 Å². The summed E-state index contributed by atoms with van der Waals surface area (Å²) in [6.45, 7) is 1.01. The lowest BCUT2D eigenvalue weighted by Gasteiger charge is -2.07. The molecule has 0 unspecified atom stereocenters. The van der Waals surface area contributed by atoms with Gasteiger partial charge in [-0.1, -0.05) is 25.1 Å². The van der Waals surface area contributed by atoms with E-state index < -0.39 is 12.5 Å². The van der Waals surface area contributed by atoms with Crippen LogP contribution in [0.5, 0.6) is 0 Å². The topological polar surface area (TPSA) is 0 Å². The minimum atomic E-state index is -0.866. The molecule has 0 aromatic heterocycles. The van der Waals surface area contributed by atoms with Gasteiger partial charge in [-0.25, -0.2) is 13.2 Å². The van der Waals surface area contributed by atoms with Crippen molar-refractivity contribution >= 4 is 0 Å². The Labute approximate surface area is 104 Å². The van der Waals surface area contributed by atoms with Gasteiger partial charge in [-0.15, -0.1) is 0 Å². The van der Waals surface area contributed by atoms with Crippen LogP contribution in [0, 0.1) is 11.6 Å². The van der Waals surface area contributed by atoms with Gasteiger partial charge >= 0.3 is 0 Å². The van der Waals surface area contributed by atoms with Crippen molar-refractivity contribution in [3.8, 4) is 11.1 Å². The fourth-order valence-corrected chi connectivity index (χ4v) is 1.87. The molecule has 0 aliphatic heterocycles. The summed E-state index contributed by atoms with van der Waals surface area (Å²) in [5.41, 5.74) is 1.86. The van der Waals surface area contributed by atoms with Crippen LogP contribution in [0.3, 0.4) is 0 Å². The number of hydrogen-bond acceptors (Lipinski definition) is 0. The zero-order chi connectivity index (χ0) is 13.1. The highest BCUT2D eigenvalue weighted by atomic mass is 19.1. The van der Waals surface area contributed by atoms with Gasteiger partial charge in [-0.05, 0) is 41.3 Å². The molecule has 2 aromatic rings. The maximum atomic E-state index is 13.6. The van der Waals surface area contributed by atoms with E-state index in [-0.39, 0.29) is 11.4 Å². The monoisotopic (exact) mass is 250 g/mol. The van der Waals surface area contributed by atoms with Gasteiger partial charge in [0.05, 0.1) is 0 Å². The molecule has 2 rings (SSSR count). The fourth-order valence-electron chi connectivity index (χ4n) is 1.87. The van der Waals surface area contributed by atoms with Crippen LogP contribution in [0.4, 0.5) is 13.2 Å². The van der Waals surface area contributed by atoms with Gasteiger partial charge < -0.3 is 0 Å². The highest BCUT2D eigenvalue weighted by Crippen LogP contribution is 2.24. The van der Waals surface area contributed by atoms with Gasteiger partial charge in [0.25, 0.3) is 0 Å². The molecule has 0 bridgehead atoms. The summed E-state index contributed by atoms with van der Waals surface area (Å²) < 4.78 is 39.4. The Morgan fingerprint density at radius 3 is 2.11 bits per heavy atom. The third-order valence-electron chi connectivity index (χ3n) is 2.96. The van der Waals surface area contributed by atoms with Crippen LogP contribution in [0.2, 0.25) is 0 Å². The van der Waals surface area contributed by atoms with Crippen LogP contribution in [0.15, 0.2) is 36.4 Å². The Morgan fingerprint density at radius 1 is 0.833 bits per heavy atom. The lowest BCUT2D eigenvalue weighted by Crippen LogP contribution is -1.91. The fraction of sp³-hybridized carbons (Fsp3) is 0.200. The molecular formula is C15H13F3. The van der Waals surface area contributed by atoms with E-state index >= 15 is 0 Å². The first-order chi connectivity index (χ1) is 8.65. The van der Waals surface area contributed by atoms with Gasteiger partial charge in [0, 0.05) is 5.56 Å². The van der Waals surface area contributed by atoms with Gasteiger partial charge in [0.1, 0.15) is 18.3 Å². The average molecular weight is 250 g/mol. The highest BCUT2D eigenvalue weighted by Gasteiger charge is 2.07. The predicted molar refractivity (Wildman–Crippen MR) is 66.0 cm³/mol. The molecule has 0 amide bonds. The van der Waals surface area contributed by atoms with Crippen molar-refractivity contribution in [1.82, 2.24) is 0 Å². The van der Waals surface area contributed by atoms with Crippen LogP contribution in [0.1, 0.15) is 18.1 Å². The summed E-state index contributed by atoms with van der Waals surface area (Å²) >= 11 is 0. The van der Waals surface area contributed by atoms with E-state index in [1.807, 2.05) is 6.92 Å². The highest BCUT2D eigenvalue weighted by molar-refractivity contribution is 5.64. The summed E-state index contributed by atoms with van der Waals surface area (Å²) in [5.74, 6) is -0.868. The first-order valence-electron chi connectivity index (χ1n) is 5.79. The maximum Gasteiger partial charge on any atom is 0.129 e. The van der Waals surface area contributed by atoms with E-state index in [9.17, 15) is 13.2 Å². The standard InChI is InChI=1S/C15H13F3/c1-2-10-3-4-12(8-15(10)18)11-5-6-14(17)13(7-11)9-16/h3-8H,2,9H2,1H3. The third-order valence-corrected chi connectivity index (χ3v) is 2.96. The molecule has 0 saturated heterocycles. The summed E-state index contributed by atoms with van der Waals surface area (Å²) in [6, 6.07) is 8.99. The molecule has 94 valence electrons. The Morgan fingerprint density at radius 2 is 1.50 bits per heavy atom. The zero-order valence-corrected chi connectivity index (χ0v) is 10.0. The molecule has 3 heteroatoms. The average Bonchev–Trinajstić information content (AvgIpc) is 2.39. The number of hydrogen-bond donors (Lipinski definition) is 0. The van der Waals surface area contributed by atoms with Crippen molar-refractivity contribution in [1.29, 1.82) is 0 Å². The Balaban J connectivity index is 2.45. The first kappa shape index (κ1) is 12.7. The molecule has 0 saturated carbocycles. The van der Waals surface area contributed by atoms with E-state index in [0.717, 1.165) is 0 Å². The molecular weight excluding hydrogens is 237 g/mol. The number of rotatable bonds is 3. The van der Waals surface area contributed by atoms with Crippen LogP contribution in [0.25, 0.3) is 11.1 Å². The minimum absolute atomic E-state index is 0.00697. The second-order valence-electron chi connectivity index (χ2n) is 4.10. The summed E-state index contributed by atoms with van der Waals surface area (Å²) in [5, 5.41) is 0. The lowest BCUT2D eigenvalue weighted by molar-refractivity contribution is 0.464. The largest absolute Gasteiger partial charge is 0.246 e. The predicted octanol–water partition coefficient (Wildman–Crippen LogP) is 4.66. The van der Waals surface area contributed by atoms with Crippen molar-refractivity contribution < 1.29 is 13.2 Å². The Hall–Kier alpha value is -1.77. The van der Waals surface area contributed by atoms with E-state index in [1.165, 1.54) is 24.3 Å². The molecule has 2 aromatic carbocycles. The summed E-state index contributed by atoms with van der Waals surface area (Å²) in [4.78, 5) is 0. The molecule has 0 aliphatic carbocycles. The molecule has 0 radical (unpaired) electrons. The van der Waals surface area contributed by atoms with Crippen LogP contribution >= 0.6 is 0 Å². The molecule has 0 atom stereocenters. The van der Waals surface area contributed by atoms with E-state index in [0.29, 0.717) is 23.1 Å². The molecule has 18 heavy (non-hydrogen) atoms. The smallest absolute Gasteiger partial charge is 0.129 e. The zero-order valence-electron chi connectivity index (χ0n) is 10.0. The van der Waals surface area contributed by atoms with Gasteiger partial charge in [0.15, 0.2) is 0 Å². The van der Waals surface area contributed by atoms with Crippen LogP contribution in [-0.4, -0.2) is 0 Å². The molecule has 0 spiro atoms. The van der Waals surface area contributed by atoms with E-state index in [1.54, 1.807) is 12.1 Å². The first-order valence-corrected chi connectivity index (χ1v) is 5.79. The van der Waals surface area contributed by atoms with Crippen molar-refractivity contribution in [2.45, 2.75) is 20.0 Å². The Bertz CT molecular complexity index is 562. The maximum absolute atomic E-state index is 13.6. The van der Waals surface area contributed by atoms with Gasteiger partial charge in [-0.3, -0.25) is 0 Å². The number of benzene rings is 2. The van der Waals surface area contributed by atoms with Gasteiger partial charge in [-0.2, -0.15) is 0 Å². The van der Waals surface area contributed by atoms with E-state index in [2.05, 4.69) is 0 Å². The number of alkyl halides is 1. The molecule has 0 N–H and O–H groups in total. The van der Waals surface area contributed by atoms with Crippen molar-refractivity contribution in [2.75, 3.05) is 0 Å². The van der Waals surface area contributed by atoms with Crippen molar-refractivity contribution in [3.05, 3.63) is 59.2 Å². The molecule has 0 nitrogen and oxygen atoms in total. The SMILES string of the molecule is CCc1ccc(-c2ccc(F)c(CF)c2)cc1F. The quantitative estimate of drug-likeness (QED) is 0.743. The number of halogens is 3. The van der Waals surface area contributed by atoms with Gasteiger partial charge in [0.2, 0.25) is 0 Å². The second-order valence-corrected chi connectivity index (χ2v) is 4.10. The van der Waals surface area contributed by atoms with E-state index in [4.69, 9.17) is 0 Å². The third kappa shape index (κ3) is 2.40. The summed E-state index contributed by atoms with van der Waals surface area (Å²) in [7, 11) is 0. The minimum Gasteiger partial charge on any atom is -0.246 e. The van der Waals surface area contributed by atoms with Crippen LogP contribution < -0.4 is 0 Å².